The number of hydrogen-bond acceptors (Lipinski definition) is 3. The smallest absolute Gasteiger partial charge is 0.258 e. The molecule has 0 fully saturated rings. The van der Waals surface area contributed by atoms with Gasteiger partial charge in [0.15, 0.2) is 0 Å². The molecule has 1 amide bonds. The standard InChI is InChI=1S/C14H16FN3O2/c1-4-12-13(8-18(2)17-12)16-14(19)10-6-5-9(20-3)7-11(10)15/h5-8H,4H2,1-3H3,(H,16,19). The highest BCUT2D eigenvalue weighted by Crippen LogP contribution is 2.19. The summed E-state index contributed by atoms with van der Waals surface area (Å²) in [5.74, 6) is -0.758. The van der Waals surface area contributed by atoms with Gasteiger partial charge in [0.1, 0.15) is 11.6 Å². The zero-order valence-electron chi connectivity index (χ0n) is 11.6. The van der Waals surface area contributed by atoms with Gasteiger partial charge in [-0.15, -0.1) is 0 Å². The topological polar surface area (TPSA) is 56.2 Å². The number of rotatable bonds is 4. The number of aromatic nitrogens is 2. The lowest BCUT2D eigenvalue weighted by molar-refractivity contribution is 0.102. The molecule has 1 N–H and O–H groups in total. The molecule has 0 atom stereocenters. The van der Waals surface area contributed by atoms with E-state index in [4.69, 9.17) is 4.74 Å². The molecule has 0 aliphatic carbocycles. The van der Waals surface area contributed by atoms with E-state index in [1.165, 1.54) is 19.2 Å². The molecule has 0 unspecified atom stereocenters. The highest BCUT2D eigenvalue weighted by atomic mass is 19.1. The van der Waals surface area contributed by atoms with Crippen molar-refractivity contribution in [2.24, 2.45) is 7.05 Å². The molecule has 0 radical (unpaired) electrons. The second-order valence-corrected chi connectivity index (χ2v) is 4.32. The van der Waals surface area contributed by atoms with Gasteiger partial charge in [-0.3, -0.25) is 9.48 Å². The lowest BCUT2D eigenvalue weighted by Gasteiger charge is -2.07. The SMILES string of the molecule is CCc1nn(C)cc1NC(=O)c1ccc(OC)cc1F. The van der Waals surface area contributed by atoms with Gasteiger partial charge in [-0.2, -0.15) is 5.10 Å². The Morgan fingerprint density at radius 3 is 2.85 bits per heavy atom. The fourth-order valence-corrected chi connectivity index (χ4v) is 1.90. The van der Waals surface area contributed by atoms with Gasteiger partial charge in [0.05, 0.1) is 24.1 Å². The van der Waals surface area contributed by atoms with E-state index in [0.29, 0.717) is 17.9 Å². The lowest BCUT2D eigenvalue weighted by Crippen LogP contribution is -2.14. The molecule has 1 heterocycles. The van der Waals surface area contributed by atoms with E-state index in [2.05, 4.69) is 10.4 Å². The molecule has 2 aromatic rings. The van der Waals surface area contributed by atoms with Crippen LogP contribution < -0.4 is 10.1 Å². The monoisotopic (exact) mass is 277 g/mol. The molecular formula is C14H16FN3O2. The Morgan fingerprint density at radius 1 is 1.50 bits per heavy atom. The predicted octanol–water partition coefficient (Wildman–Crippen LogP) is 2.38. The molecular weight excluding hydrogens is 261 g/mol. The number of amides is 1. The number of nitrogens with zero attached hydrogens (tertiary/aromatic N) is 2. The number of hydrogen-bond donors (Lipinski definition) is 1. The number of methoxy groups -OCH3 is 1. The van der Waals surface area contributed by atoms with Crippen LogP contribution in [-0.4, -0.2) is 22.8 Å². The quantitative estimate of drug-likeness (QED) is 0.933. The van der Waals surface area contributed by atoms with Crippen LogP contribution in [0.3, 0.4) is 0 Å². The summed E-state index contributed by atoms with van der Waals surface area (Å²) >= 11 is 0. The number of ether oxygens (including phenoxy) is 1. The van der Waals surface area contributed by atoms with Crippen LogP contribution in [-0.2, 0) is 13.5 Å². The van der Waals surface area contributed by atoms with Gasteiger partial charge < -0.3 is 10.1 Å². The Morgan fingerprint density at radius 2 is 2.25 bits per heavy atom. The first-order valence-corrected chi connectivity index (χ1v) is 6.22. The first-order chi connectivity index (χ1) is 9.55. The molecule has 0 saturated carbocycles. The van der Waals surface area contributed by atoms with Crippen LogP contribution in [0.25, 0.3) is 0 Å². The maximum atomic E-state index is 13.8. The van der Waals surface area contributed by atoms with E-state index in [1.807, 2.05) is 6.92 Å². The van der Waals surface area contributed by atoms with Crippen molar-refractivity contribution in [2.45, 2.75) is 13.3 Å². The molecule has 0 spiro atoms. The van der Waals surface area contributed by atoms with Crippen LogP contribution in [0.4, 0.5) is 10.1 Å². The van der Waals surface area contributed by atoms with E-state index in [9.17, 15) is 9.18 Å². The molecule has 2 rings (SSSR count). The Balaban J connectivity index is 2.23. The minimum Gasteiger partial charge on any atom is -0.497 e. The van der Waals surface area contributed by atoms with Gasteiger partial charge in [-0.05, 0) is 18.6 Å². The van der Waals surface area contributed by atoms with Crippen molar-refractivity contribution in [1.29, 1.82) is 0 Å². The van der Waals surface area contributed by atoms with Crippen LogP contribution >= 0.6 is 0 Å². The van der Waals surface area contributed by atoms with Crippen LogP contribution in [0, 0.1) is 5.82 Å². The number of aryl methyl sites for hydroxylation is 2. The van der Waals surface area contributed by atoms with Crippen molar-refractivity contribution in [2.75, 3.05) is 12.4 Å². The molecule has 1 aromatic heterocycles. The third kappa shape index (κ3) is 2.79. The summed E-state index contributed by atoms with van der Waals surface area (Å²) in [6, 6.07) is 4.12. The van der Waals surface area contributed by atoms with Crippen molar-refractivity contribution in [1.82, 2.24) is 9.78 Å². The van der Waals surface area contributed by atoms with Crippen LogP contribution in [0.1, 0.15) is 23.0 Å². The highest BCUT2D eigenvalue weighted by Gasteiger charge is 2.15. The van der Waals surface area contributed by atoms with Crippen molar-refractivity contribution >= 4 is 11.6 Å². The summed E-state index contributed by atoms with van der Waals surface area (Å²) < 4.78 is 20.3. The summed E-state index contributed by atoms with van der Waals surface area (Å²) in [5, 5.41) is 6.89. The number of benzene rings is 1. The second kappa shape index (κ2) is 5.73. The van der Waals surface area contributed by atoms with Crippen molar-refractivity contribution in [3.05, 3.63) is 41.5 Å². The minimum absolute atomic E-state index is 0.0308. The van der Waals surface area contributed by atoms with Gasteiger partial charge in [0.25, 0.3) is 5.91 Å². The van der Waals surface area contributed by atoms with Crippen molar-refractivity contribution in [3.63, 3.8) is 0 Å². The van der Waals surface area contributed by atoms with Crippen molar-refractivity contribution < 1.29 is 13.9 Å². The van der Waals surface area contributed by atoms with Gasteiger partial charge in [0, 0.05) is 19.3 Å². The summed E-state index contributed by atoms with van der Waals surface area (Å²) in [4.78, 5) is 12.1. The maximum absolute atomic E-state index is 13.8. The first kappa shape index (κ1) is 14.0. The van der Waals surface area contributed by atoms with Crippen LogP contribution in [0.15, 0.2) is 24.4 Å². The lowest BCUT2D eigenvalue weighted by atomic mass is 10.2. The molecule has 20 heavy (non-hydrogen) atoms. The Hall–Kier alpha value is -2.37. The number of carbonyl (C=O) groups excluding carboxylic acids is 1. The second-order valence-electron chi connectivity index (χ2n) is 4.32. The average Bonchev–Trinajstić information content (AvgIpc) is 2.78. The Labute approximate surface area is 116 Å². The molecule has 0 aliphatic heterocycles. The van der Waals surface area contributed by atoms with E-state index >= 15 is 0 Å². The molecule has 6 heteroatoms. The fourth-order valence-electron chi connectivity index (χ4n) is 1.90. The number of nitrogens with one attached hydrogen (secondary N) is 1. The average molecular weight is 277 g/mol. The number of halogens is 1. The Kier molecular flexibility index (Phi) is 4.02. The van der Waals surface area contributed by atoms with E-state index < -0.39 is 11.7 Å². The predicted molar refractivity (Wildman–Crippen MR) is 73.5 cm³/mol. The minimum atomic E-state index is -0.621. The van der Waals surface area contributed by atoms with E-state index in [-0.39, 0.29) is 5.56 Å². The normalized spacial score (nSPS) is 10.4. The number of carbonyl (C=O) groups is 1. The summed E-state index contributed by atoms with van der Waals surface area (Å²) in [6.45, 7) is 1.94. The van der Waals surface area contributed by atoms with Gasteiger partial charge >= 0.3 is 0 Å². The third-order valence-corrected chi connectivity index (χ3v) is 2.91. The fraction of sp³-hybridized carbons (Fsp3) is 0.286. The molecule has 0 saturated heterocycles. The van der Waals surface area contributed by atoms with Gasteiger partial charge in [-0.25, -0.2) is 4.39 Å². The van der Waals surface area contributed by atoms with E-state index in [1.54, 1.807) is 24.0 Å². The third-order valence-electron chi connectivity index (χ3n) is 2.91. The molecule has 106 valence electrons. The molecule has 0 bridgehead atoms. The summed E-state index contributed by atoms with van der Waals surface area (Å²) in [6.07, 6.45) is 2.37. The van der Waals surface area contributed by atoms with Crippen molar-refractivity contribution in [3.8, 4) is 5.75 Å². The number of anilines is 1. The zero-order chi connectivity index (χ0) is 14.7. The molecule has 0 aliphatic rings. The Bertz CT molecular complexity index is 637. The largest absolute Gasteiger partial charge is 0.497 e. The first-order valence-electron chi connectivity index (χ1n) is 6.22. The van der Waals surface area contributed by atoms with Gasteiger partial charge in [-0.1, -0.05) is 6.92 Å². The van der Waals surface area contributed by atoms with Crippen LogP contribution in [0.5, 0.6) is 5.75 Å². The highest BCUT2D eigenvalue weighted by molar-refractivity contribution is 6.04. The zero-order valence-corrected chi connectivity index (χ0v) is 11.6. The van der Waals surface area contributed by atoms with E-state index in [0.717, 1.165) is 5.69 Å². The van der Waals surface area contributed by atoms with Gasteiger partial charge in [0.2, 0.25) is 0 Å². The maximum Gasteiger partial charge on any atom is 0.258 e. The summed E-state index contributed by atoms with van der Waals surface area (Å²) in [5.41, 5.74) is 1.32. The molecule has 5 nitrogen and oxygen atoms in total. The van der Waals surface area contributed by atoms with Crippen LogP contribution in [0.2, 0.25) is 0 Å². The summed E-state index contributed by atoms with van der Waals surface area (Å²) in [7, 11) is 3.21. The molecule has 1 aromatic carbocycles.